The monoisotopic (exact) mass is 244 g/mol. The van der Waals surface area contributed by atoms with Crippen molar-refractivity contribution in [2.24, 2.45) is 0 Å². The van der Waals surface area contributed by atoms with E-state index in [0.717, 1.165) is 6.42 Å². The molecule has 0 amide bonds. The number of nitrogens with zero attached hydrogens (tertiary/aromatic N) is 1. The van der Waals surface area contributed by atoms with E-state index in [2.05, 4.69) is 54.1 Å². The van der Waals surface area contributed by atoms with Gasteiger partial charge in [0.15, 0.2) is 0 Å². The van der Waals surface area contributed by atoms with E-state index in [1.807, 2.05) is 6.08 Å². The lowest BCUT2D eigenvalue weighted by atomic mass is 10.1. The Kier molecular flexibility index (Phi) is 4.97. The van der Waals surface area contributed by atoms with Crippen molar-refractivity contribution in [3.05, 3.63) is 48.6 Å². The van der Waals surface area contributed by atoms with Gasteiger partial charge in [0.2, 0.25) is 0 Å². The first kappa shape index (κ1) is 13.3. The third-order valence-electron chi connectivity index (χ3n) is 3.68. The maximum Gasteiger partial charge on any atom is 0.0222 e. The molecule has 0 aliphatic carbocycles. The fourth-order valence-electron chi connectivity index (χ4n) is 2.54. The molecule has 18 heavy (non-hydrogen) atoms. The molecule has 2 nitrogen and oxygen atoms in total. The number of rotatable bonds is 6. The summed E-state index contributed by atoms with van der Waals surface area (Å²) in [6.45, 7) is 9.55. The largest absolute Gasteiger partial charge is 0.307 e. The second-order valence-corrected chi connectivity index (χ2v) is 5.21. The second kappa shape index (κ2) is 6.72. The van der Waals surface area contributed by atoms with E-state index in [0.29, 0.717) is 12.1 Å². The van der Waals surface area contributed by atoms with Gasteiger partial charge in [-0.05, 0) is 31.9 Å². The minimum atomic E-state index is 0.420. The molecule has 1 N–H and O–H groups in total. The number of hydrogen-bond acceptors (Lipinski definition) is 2. The molecular formula is C16H24N2. The number of benzene rings is 1. The summed E-state index contributed by atoms with van der Waals surface area (Å²) in [6.07, 6.45) is 4.39. The number of hydrogen-bond donors (Lipinski definition) is 1. The molecule has 0 spiro atoms. The Balaban J connectivity index is 1.71. The predicted octanol–water partition coefficient (Wildman–Crippen LogP) is 2.47. The third-order valence-corrected chi connectivity index (χ3v) is 3.68. The van der Waals surface area contributed by atoms with Crippen LogP contribution in [0, 0.1) is 0 Å². The van der Waals surface area contributed by atoms with Gasteiger partial charge in [-0.25, -0.2) is 0 Å². The summed E-state index contributed by atoms with van der Waals surface area (Å²) in [4.78, 5) is 2.56. The average molecular weight is 244 g/mol. The molecule has 1 aromatic rings. The van der Waals surface area contributed by atoms with Crippen LogP contribution in [0.2, 0.25) is 0 Å². The van der Waals surface area contributed by atoms with Gasteiger partial charge in [0.1, 0.15) is 0 Å². The molecule has 0 radical (unpaired) electrons. The lowest BCUT2D eigenvalue weighted by molar-refractivity contribution is 0.330. The summed E-state index contributed by atoms with van der Waals surface area (Å²) in [5.41, 5.74) is 1.44. The highest BCUT2D eigenvalue weighted by molar-refractivity contribution is 5.14. The van der Waals surface area contributed by atoms with Gasteiger partial charge in [-0.15, -0.1) is 6.58 Å². The highest BCUT2D eigenvalue weighted by Crippen LogP contribution is 2.11. The second-order valence-electron chi connectivity index (χ2n) is 5.21. The zero-order valence-electron chi connectivity index (χ0n) is 11.3. The number of nitrogens with one attached hydrogen (secondary N) is 1. The van der Waals surface area contributed by atoms with Crippen LogP contribution in [-0.2, 0) is 6.42 Å². The van der Waals surface area contributed by atoms with Crippen LogP contribution in [0.1, 0.15) is 18.9 Å². The first-order chi connectivity index (χ1) is 8.78. The van der Waals surface area contributed by atoms with Gasteiger partial charge in [-0.3, -0.25) is 0 Å². The standard InChI is InChI=1S/C16H24N2/c1-3-14(2)17-16-10-12-18(13-16)11-9-15-7-5-4-6-8-15/h3-8,14,16-17H,1,9-13H2,2H3. The Morgan fingerprint density at radius 1 is 1.44 bits per heavy atom. The summed E-state index contributed by atoms with van der Waals surface area (Å²) in [7, 11) is 0. The van der Waals surface area contributed by atoms with Crippen LogP contribution in [0.5, 0.6) is 0 Å². The lowest BCUT2D eigenvalue weighted by Gasteiger charge is -2.18. The first-order valence-electron chi connectivity index (χ1n) is 6.93. The number of likely N-dealkylation sites (tertiary alicyclic amines) is 1. The van der Waals surface area contributed by atoms with Gasteiger partial charge < -0.3 is 10.2 Å². The van der Waals surface area contributed by atoms with Crippen molar-refractivity contribution in [2.45, 2.75) is 31.8 Å². The van der Waals surface area contributed by atoms with E-state index in [-0.39, 0.29) is 0 Å². The minimum absolute atomic E-state index is 0.420. The van der Waals surface area contributed by atoms with E-state index in [1.165, 1.54) is 31.6 Å². The van der Waals surface area contributed by atoms with Gasteiger partial charge in [-0.1, -0.05) is 36.4 Å². The molecule has 2 heteroatoms. The molecule has 1 fully saturated rings. The summed E-state index contributed by atoms with van der Waals surface area (Å²) >= 11 is 0. The molecule has 1 heterocycles. The van der Waals surface area contributed by atoms with Crippen LogP contribution >= 0.6 is 0 Å². The SMILES string of the molecule is C=CC(C)NC1CCN(CCc2ccccc2)C1. The molecule has 2 rings (SSSR count). The molecule has 0 aromatic heterocycles. The maximum absolute atomic E-state index is 3.82. The van der Waals surface area contributed by atoms with Crippen molar-refractivity contribution >= 4 is 0 Å². The van der Waals surface area contributed by atoms with E-state index < -0.39 is 0 Å². The first-order valence-corrected chi connectivity index (χ1v) is 6.93. The zero-order chi connectivity index (χ0) is 12.8. The maximum atomic E-state index is 3.82. The van der Waals surface area contributed by atoms with Gasteiger partial charge in [0.05, 0.1) is 0 Å². The van der Waals surface area contributed by atoms with E-state index in [1.54, 1.807) is 0 Å². The summed E-state index contributed by atoms with van der Waals surface area (Å²) in [5, 5.41) is 3.60. The molecule has 2 unspecified atom stereocenters. The van der Waals surface area contributed by atoms with E-state index in [9.17, 15) is 0 Å². The Hall–Kier alpha value is -1.12. The summed E-state index contributed by atoms with van der Waals surface area (Å²) in [6, 6.07) is 11.8. The zero-order valence-corrected chi connectivity index (χ0v) is 11.3. The van der Waals surface area contributed by atoms with Crippen LogP contribution < -0.4 is 5.32 Å². The average Bonchev–Trinajstić information content (AvgIpc) is 2.85. The minimum Gasteiger partial charge on any atom is -0.307 e. The van der Waals surface area contributed by atoms with Crippen LogP contribution in [0.4, 0.5) is 0 Å². The van der Waals surface area contributed by atoms with Crippen molar-refractivity contribution in [3.8, 4) is 0 Å². The lowest BCUT2D eigenvalue weighted by Crippen LogP contribution is -2.37. The van der Waals surface area contributed by atoms with Crippen LogP contribution in [0.25, 0.3) is 0 Å². The predicted molar refractivity (Wildman–Crippen MR) is 77.8 cm³/mol. The van der Waals surface area contributed by atoms with Crippen LogP contribution in [0.15, 0.2) is 43.0 Å². The van der Waals surface area contributed by atoms with Crippen LogP contribution in [-0.4, -0.2) is 36.6 Å². The van der Waals surface area contributed by atoms with E-state index in [4.69, 9.17) is 0 Å². The molecule has 2 atom stereocenters. The van der Waals surface area contributed by atoms with Crippen molar-refractivity contribution in [3.63, 3.8) is 0 Å². The Morgan fingerprint density at radius 3 is 2.94 bits per heavy atom. The molecule has 1 aliphatic heterocycles. The fourth-order valence-corrected chi connectivity index (χ4v) is 2.54. The smallest absolute Gasteiger partial charge is 0.0222 e. The molecule has 98 valence electrons. The Labute approximate surface area is 111 Å². The summed E-state index contributed by atoms with van der Waals surface area (Å²) < 4.78 is 0. The molecule has 1 aliphatic rings. The van der Waals surface area contributed by atoms with Crippen molar-refractivity contribution < 1.29 is 0 Å². The Bertz CT molecular complexity index is 361. The van der Waals surface area contributed by atoms with Gasteiger partial charge >= 0.3 is 0 Å². The van der Waals surface area contributed by atoms with Crippen LogP contribution in [0.3, 0.4) is 0 Å². The van der Waals surface area contributed by atoms with Crippen molar-refractivity contribution in [1.82, 2.24) is 10.2 Å². The quantitative estimate of drug-likeness (QED) is 0.773. The van der Waals surface area contributed by atoms with Gasteiger partial charge in [-0.2, -0.15) is 0 Å². The molecular weight excluding hydrogens is 220 g/mol. The fraction of sp³-hybridized carbons (Fsp3) is 0.500. The molecule has 0 bridgehead atoms. The Morgan fingerprint density at radius 2 is 2.22 bits per heavy atom. The normalized spacial score (nSPS) is 21.9. The third kappa shape index (κ3) is 3.97. The van der Waals surface area contributed by atoms with E-state index >= 15 is 0 Å². The summed E-state index contributed by atoms with van der Waals surface area (Å²) in [5.74, 6) is 0. The van der Waals surface area contributed by atoms with Crippen molar-refractivity contribution in [1.29, 1.82) is 0 Å². The van der Waals surface area contributed by atoms with Gasteiger partial charge in [0, 0.05) is 25.2 Å². The highest BCUT2D eigenvalue weighted by Gasteiger charge is 2.22. The molecule has 0 saturated carbocycles. The molecule has 1 aromatic carbocycles. The topological polar surface area (TPSA) is 15.3 Å². The van der Waals surface area contributed by atoms with Gasteiger partial charge in [0.25, 0.3) is 0 Å². The van der Waals surface area contributed by atoms with Crippen molar-refractivity contribution in [2.75, 3.05) is 19.6 Å². The molecule has 1 saturated heterocycles. The highest BCUT2D eigenvalue weighted by atomic mass is 15.2.